The number of nitrogen functional groups attached to an aromatic ring is 1. The lowest BCUT2D eigenvalue weighted by molar-refractivity contribution is 0.242. The summed E-state index contributed by atoms with van der Waals surface area (Å²) in [5.41, 5.74) is 6.56. The maximum Gasteiger partial charge on any atom is 0.261 e. The molecule has 0 atom stereocenters. The van der Waals surface area contributed by atoms with Crippen molar-refractivity contribution in [3.63, 3.8) is 0 Å². The summed E-state index contributed by atoms with van der Waals surface area (Å²) in [7, 11) is -3.64. The van der Waals surface area contributed by atoms with Crippen LogP contribution in [0.15, 0.2) is 53.4 Å². The number of nitrogens with one attached hydrogen (secondary N) is 1. The number of rotatable bonds is 5. The van der Waals surface area contributed by atoms with E-state index >= 15 is 0 Å². The van der Waals surface area contributed by atoms with Gasteiger partial charge in [-0.2, -0.15) is 0 Å². The summed E-state index contributed by atoms with van der Waals surface area (Å²) in [5.74, 6) is 0.632. The Kier molecular flexibility index (Phi) is 4.37. The van der Waals surface area contributed by atoms with Crippen molar-refractivity contribution in [1.82, 2.24) is 0 Å². The third-order valence-electron chi connectivity index (χ3n) is 2.64. The molecule has 112 valence electrons. The zero-order valence-corrected chi connectivity index (χ0v) is 12.7. The number of nitrogens with two attached hydrogens (primary N) is 1. The Morgan fingerprint density at radius 1 is 1.10 bits per heavy atom. The number of hydrogen-bond acceptors (Lipinski definition) is 4. The topological polar surface area (TPSA) is 81.4 Å². The van der Waals surface area contributed by atoms with Gasteiger partial charge < -0.3 is 10.5 Å². The van der Waals surface area contributed by atoms with E-state index in [1.807, 2.05) is 13.8 Å². The van der Waals surface area contributed by atoms with Crippen LogP contribution < -0.4 is 15.2 Å². The van der Waals surface area contributed by atoms with Gasteiger partial charge in [-0.25, -0.2) is 8.42 Å². The lowest BCUT2D eigenvalue weighted by Crippen LogP contribution is -2.13. The molecule has 2 aromatic rings. The van der Waals surface area contributed by atoms with Gasteiger partial charge in [-0.15, -0.1) is 0 Å². The molecule has 0 aliphatic rings. The van der Waals surface area contributed by atoms with Gasteiger partial charge in [0, 0.05) is 5.69 Å². The van der Waals surface area contributed by atoms with Crippen LogP contribution in [-0.4, -0.2) is 14.5 Å². The first-order chi connectivity index (χ1) is 9.87. The second-order valence-electron chi connectivity index (χ2n) is 4.87. The van der Waals surface area contributed by atoms with Crippen LogP contribution in [0.1, 0.15) is 13.8 Å². The van der Waals surface area contributed by atoms with Crippen LogP contribution in [0.5, 0.6) is 5.75 Å². The van der Waals surface area contributed by atoms with Gasteiger partial charge in [0.2, 0.25) is 0 Å². The Morgan fingerprint density at radius 3 is 2.33 bits per heavy atom. The van der Waals surface area contributed by atoms with Crippen molar-refractivity contribution in [2.45, 2.75) is 24.8 Å². The molecule has 21 heavy (non-hydrogen) atoms. The molecule has 5 nitrogen and oxygen atoms in total. The Morgan fingerprint density at radius 2 is 1.76 bits per heavy atom. The molecule has 0 saturated carbocycles. The zero-order valence-electron chi connectivity index (χ0n) is 11.9. The van der Waals surface area contributed by atoms with E-state index in [0.29, 0.717) is 17.1 Å². The maximum absolute atomic E-state index is 12.3. The van der Waals surface area contributed by atoms with Crippen molar-refractivity contribution < 1.29 is 13.2 Å². The molecule has 0 radical (unpaired) electrons. The summed E-state index contributed by atoms with van der Waals surface area (Å²) in [6.45, 7) is 3.82. The molecule has 2 aromatic carbocycles. The quantitative estimate of drug-likeness (QED) is 0.832. The predicted molar refractivity (Wildman–Crippen MR) is 83.9 cm³/mol. The van der Waals surface area contributed by atoms with E-state index in [1.165, 1.54) is 12.1 Å². The highest BCUT2D eigenvalue weighted by Crippen LogP contribution is 2.20. The van der Waals surface area contributed by atoms with Crippen LogP contribution in [0.2, 0.25) is 0 Å². The van der Waals surface area contributed by atoms with Crippen LogP contribution >= 0.6 is 0 Å². The molecule has 0 unspecified atom stereocenters. The van der Waals surface area contributed by atoms with E-state index in [1.54, 1.807) is 36.4 Å². The molecule has 6 heteroatoms. The number of ether oxygens (including phenoxy) is 1. The van der Waals surface area contributed by atoms with Crippen molar-refractivity contribution in [2.75, 3.05) is 10.5 Å². The molecule has 2 rings (SSSR count). The number of benzene rings is 2. The fourth-order valence-electron chi connectivity index (χ4n) is 1.79. The molecule has 0 spiro atoms. The monoisotopic (exact) mass is 306 g/mol. The third-order valence-corrected chi connectivity index (χ3v) is 4.04. The smallest absolute Gasteiger partial charge is 0.261 e. The number of hydrogen-bond donors (Lipinski definition) is 2. The van der Waals surface area contributed by atoms with Gasteiger partial charge in [0.15, 0.2) is 0 Å². The van der Waals surface area contributed by atoms with E-state index in [9.17, 15) is 8.42 Å². The van der Waals surface area contributed by atoms with Gasteiger partial charge in [-0.05, 0) is 56.3 Å². The lowest BCUT2D eigenvalue weighted by Gasteiger charge is -2.11. The molecular formula is C15H18N2O3S. The fraction of sp³-hybridized carbons (Fsp3) is 0.200. The zero-order chi connectivity index (χ0) is 15.5. The van der Waals surface area contributed by atoms with Crippen LogP contribution in [0.25, 0.3) is 0 Å². The molecule has 3 N–H and O–H groups in total. The van der Waals surface area contributed by atoms with Crippen molar-refractivity contribution in [3.8, 4) is 5.75 Å². The van der Waals surface area contributed by atoms with Crippen molar-refractivity contribution >= 4 is 21.4 Å². The lowest BCUT2D eigenvalue weighted by atomic mass is 10.3. The molecule has 0 fully saturated rings. The second-order valence-corrected chi connectivity index (χ2v) is 6.55. The van der Waals surface area contributed by atoms with Gasteiger partial charge in [-0.3, -0.25) is 4.72 Å². The maximum atomic E-state index is 12.3. The minimum Gasteiger partial charge on any atom is -0.491 e. The highest BCUT2D eigenvalue weighted by Gasteiger charge is 2.14. The van der Waals surface area contributed by atoms with E-state index in [0.717, 1.165) is 0 Å². The molecule has 0 bridgehead atoms. The normalized spacial score (nSPS) is 11.4. The van der Waals surface area contributed by atoms with Crippen LogP contribution in [0.4, 0.5) is 11.4 Å². The predicted octanol–water partition coefficient (Wildman–Crippen LogP) is 2.86. The average Bonchev–Trinajstić information content (AvgIpc) is 2.38. The van der Waals surface area contributed by atoms with Crippen molar-refractivity contribution in [1.29, 1.82) is 0 Å². The SMILES string of the molecule is CC(C)Oc1ccc(S(=O)(=O)Nc2cccc(N)c2)cc1. The molecule has 0 heterocycles. The van der Waals surface area contributed by atoms with E-state index in [2.05, 4.69) is 4.72 Å². The highest BCUT2D eigenvalue weighted by atomic mass is 32.2. The largest absolute Gasteiger partial charge is 0.491 e. The summed E-state index contributed by atoms with van der Waals surface area (Å²) in [4.78, 5) is 0.168. The van der Waals surface area contributed by atoms with Gasteiger partial charge in [0.25, 0.3) is 10.0 Å². The standard InChI is InChI=1S/C15H18N2O3S/c1-11(2)20-14-6-8-15(9-7-14)21(18,19)17-13-5-3-4-12(16)10-13/h3-11,17H,16H2,1-2H3. The molecule has 0 saturated heterocycles. The Bertz CT molecular complexity index is 710. The van der Waals surface area contributed by atoms with Gasteiger partial charge in [0.05, 0.1) is 16.7 Å². The molecule has 0 amide bonds. The highest BCUT2D eigenvalue weighted by molar-refractivity contribution is 7.92. The third kappa shape index (κ3) is 4.13. The van der Waals surface area contributed by atoms with E-state index in [-0.39, 0.29) is 11.0 Å². The Labute approximate surface area is 124 Å². The first kappa shape index (κ1) is 15.2. The molecule has 0 aromatic heterocycles. The average molecular weight is 306 g/mol. The first-order valence-electron chi connectivity index (χ1n) is 6.52. The second kappa shape index (κ2) is 6.05. The summed E-state index contributed by atoms with van der Waals surface area (Å²) in [6.07, 6.45) is 0.0397. The number of anilines is 2. The fourth-order valence-corrected chi connectivity index (χ4v) is 2.84. The summed E-state index contributed by atoms with van der Waals surface area (Å²) in [6, 6.07) is 12.9. The summed E-state index contributed by atoms with van der Waals surface area (Å²) < 4.78 is 32.5. The van der Waals surface area contributed by atoms with E-state index < -0.39 is 10.0 Å². The van der Waals surface area contributed by atoms with Crippen LogP contribution in [0, 0.1) is 0 Å². The van der Waals surface area contributed by atoms with Crippen molar-refractivity contribution in [2.24, 2.45) is 0 Å². The molecule has 0 aliphatic carbocycles. The van der Waals surface area contributed by atoms with Crippen LogP contribution in [0.3, 0.4) is 0 Å². The van der Waals surface area contributed by atoms with Gasteiger partial charge >= 0.3 is 0 Å². The Balaban J connectivity index is 2.19. The summed E-state index contributed by atoms with van der Waals surface area (Å²) in [5, 5.41) is 0. The minimum absolute atomic E-state index is 0.0397. The molecular weight excluding hydrogens is 288 g/mol. The van der Waals surface area contributed by atoms with E-state index in [4.69, 9.17) is 10.5 Å². The summed E-state index contributed by atoms with van der Waals surface area (Å²) >= 11 is 0. The van der Waals surface area contributed by atoms with Gasteiger partial charge in [0.1, 0.15) is 5.75 Å². The van der Waals surface area contributed by atoms with Gasteiger partial charge in [-0.1, -0.05) is 6.07 Å². The number of sulfonamides is 1. The first-order valence-corrected chi connectivity index (χ1v) is 8.00. The van der Waals surface area contributed by atoms with Crippen LogP contribution in [-0.2, 0) is 10.0 Å². The Hall–Kier alpha value is -2.21. The minimum atomic E-state index is -3.64. The van der Waals surface area contributed by atoms with Crippen molar-refractivity contribution in [3.05, 3.63) is 48.5 Å². The molecule has 0 aliphatic heterocycles.